The number of aliphatic carboxylic acids is 1. The molecule has 1 aliphatic rings. The molecule has 178 valence electrons. The predicted octanol–water partition coefficient (Wildman–Crippen LogP) is 2.46. The number of carboxylic acid groups (broad SMARTS) is 1. The molecule has 0 aliphatic heterocycles. The number of carbonyl (C=O) groups is 3. The Morgan fingerprint density at radius 2 is 1.79 bits per heavy atom. The first kappa shape index (κ1) is 23.8. The van der Waals surface area contributed by atoms with Gasteiger partial charge in [0.05, 0.1) is 28.6 Å². The topological polar surface area (TPSA) is 112 Å². The lowest BCUT2D eigenvalue weighted by Gasteiger charge is -2.25. The van der Waals surface area contributed by atoms with E-state index in [2.05, 4.69) is 15.6 Å². The molecule has 0 spiro atoms. The highest BCUT2D eigenvalue weighted by Crippen LogP contribution is 2.40. The summed E-state index contributed by atoms with van der Waals surface area (Å²) in [6.07, 6.45) is 0.598. The Morgan fingerprint density at radius 3 is 2.44 bits per heavy atom. The molecule has 0 radical (unpaired) electrons. The second-order valence-electron chi connectivity index (χ2n) is 9.01. The number of fused-ring (bicyclic) bond motifs is 2. The highest BCUT2D eigenvalue weighted by Gasteiger charge is 2.45. The van der Waals surface area contributed by atoms with Crippen molar-refractivity contribution >= 4 is 39.3 Å². The van der Waals surface area contributed by atoms with Crippen molar-refractivity contribution in [3.63, 3.8) is 0 Å². The fourth-order valence-electron chi connectivity index (χ4n) is 4.38. The molecule has 9 heteroatoms. The Balaban J connectivity index is 1.43. The van der Waals surface area contributed by atoms with Crippen molar-refractivity contribution in [1.29, 1.82) is 0 Å². The lowest BCUT2D eigenvalue weighted by Crippen LogP contribution is -2.43. The van der Waals surface area contributed by atoms with E-state index in [1.807, 2.05) is 49.3 Å². The molecule has 0 fully saturated rings. The number of benzene rings is 2. The minimum atomic E-state index is -0.996. The van der Waals surface area contributed by atoms with Crippen LogP contribution in [0.15, 0.2) is 42.5 Å². The normalized spacial score (nSPS) is 14.2. The number of rotatable bonds is 9. The predicted molar refractivity (Wildman–Crippen MR) is 131 cm³/mol. The third-order valence-corrected chi connectivity index (χ3v) is 7.11. The van der Waals surface area contributed by atoms with E-state index in [0.29, 0.717) is 30.0 Å². The smallest absolute Gasteiger partial charge is 0.304 e. The molecule has 1 heterocycles. The first-order valence-electron chi connectivity index (χ1n) is 11.1. The number of thiazole rings is 1. The van der Waals surface area contributed by atoms with E-state index in [1.54, 1.807) is 12.1 Å². The summed E-state index contributed by atoms with van der Waals surface area (Å²) in [6.45, 7) is 1.53. The Bertz CT molecular complexity index is 1210. The molecular weight excluding hydrogens is 452 g/mol. The van der Waals surface area contributed by atoms with Gasteiger partial charge in [-0.2, -0.15) is 0 Å². The van der Waals surface area contributed by atoms with Gasteiger partial charge in [0.2, 0.25) is 5.91 Å². The van der Waals surface area contributed by atoms with Gasteiger partial charge in [0, 0.05) is 18.7 Å². The summed E-state index contributed by atoms with van der Waals surface area (Å²) < 4.78 is 0.859. The van der Waals surface area contributed by atoms with Gasteiger partial charge < -0.3 is 20.6 Å². The van der Waals surface area contributed by atoms with E-state index in [-0.39, 0.29) is 24.8 Å². The zero-order valence-corrected chi connectivity index (χ0v) is 20.1. The average molecular weight is 481 g/mol. The molecule has 0 atom stereocenters. The van der Waals surface area contributed by atoms with Crippen molar-refractivity contribution < 1.29 is 19.5 Å². The van der Waals surface area contributed by atoms with E-state index in [0.717, 1.165) is 27.9 Å². The standard InChI is InChI=1S/C25H28N4O4S/c1-29(2)10-9-26-23(32)16-7-8-19-20(11-16)34-21(28-19)15-27-24(33)25(14-22(30)31)12-17-5-3-4-6-18(17)13-25/h3-8,11H,9-10,12-15H2,1-2H3,(H,26,32)(H,27,33)(H,30,31). The zero-order chi connectivity index (χ0) is 24.3. The van der Waals surface area contributed by atoms with Crippen LogP contribution in [0.3, 0.4) is 0 Å². The van der Waals surface area contributed by atoms with Crippen LogP contribution in [-0.4, -0.2) is 60.0 Å². The molecule has 2 aromatic carbocycles. The quantitative estimate of drug-likeness (QED) is 0.434. The third kappa shape index (κ3) is 5.26. The molecule has 34 heavy (non-hydrogen) atoms. The van der Waals surface area contributed by atoms with Gasteiger partial charge in [-0.25, -0.2) is 4.98 Å². The summed E-state index contributed by atoms with van der Waals surface area (Å²) in [5, 5.41) is 16.0. The summed E-state index contributed by atoms with van der Waals surface area (Å²) in [4.78, 5) is 43.7. The number of amides is 2. The van der Waals surface area contributed by atoms with Crippen molar-refractivity contribution in [2.24, 2.45) is 5.41 Å². The Kier molecular flexibility index (Phi) is 6.95. The maximum atomic E-state index is 13.2. The van der Waals surface area contributed by atoms with Crippen molar-refractivity contribution in [1.82, 2.24) is 20.5 Å². The minimum absolute atomic E-state index is 0.136. The minimum Gasteiger partial charge on any atom is -0.481 e. The maximum Gasteiger partial charge on any atom is 0.304 e. The Labute approximate surface area is 202 Å². The lowest BCUT2D eigenvalue weighted by atomic mass is 9.80. The van der Waals surface area contributed by atoms with Crippen LogP contribution in [0.1, 0.15) is 32.9 Å². The summed E-state index contributed by atoms with van der Waals surface area (Å²) in [5.41, 5.74) is 2.37. The van der Waals surface area contributed by atoms with Crippen molar-refractivity contribution in [2.75, 3.05) is 27.2 Å². The summed E-state index contributed by atoms with van der Waals surface area (Å²) in [7, 11) is 3.90. The fraction of sp³-hybridized carbons (Fsp3) is 0.360. The molecular formula is C25H28N4O4S. The summed E-state index contributed by atoms with van der Waals surface area (Å²) >= 11 is 1.41. The lowest BCUT2D eigenvalue weighted by molar-refractivity contribution is -0.145. The zero-order valence-electron chi connectivity index (χ0n) is 19.3. The van der Waals surface area contributed by atoms with Crippen molar-refractivity contribution in [2.45, 2.75) is 25.8 Å². The van der Waals surface area contributed by atoms with Crippen LogP contribution in [0.4, 0.5) is 0 Å². The summed E-state index contributed by atoms with van der Waals surface area (Å²) in [6, 6.07) is 13.1. The highest BCUT2D eigenvalue weighted by molar-refractivity contribution is 7.18. The third-order valence-electron chi connectivity index (χ3n) is 6.09. The maximum absolute atomic E-state index is 13.2. The number of aromatic nitrogens is 1. The van der Waals surface area contributed by atoms with E-state index in [9.17, 15) is 19.5 Å². The van der Waals surface area contributed by atoms with Gasteiger partial charge in [0.15, 0.2) is 0 Å². The average Bonchev–Trinajstić information content (AvgIpc) is 3.37. The van der Waals surface area contributed by atoms with Gasteiger partial charge in [-0.05, 0) is 56.3 Å². The number of nitrogens with zero attached hydrogens (tertiary/aromatic N) is 2. The van der Waals surface area contributed by atoms with Crippen molar-refractivity contribution in [3.8, 4) is 0 Å². The number of carboxylic acids is 1. The number of carbonyl (C=O) groups excluding carboxylic acids is 2. The second kappa shape index (κ2) is 9.90. The summed E-state index contributed by atoms with van der Waals surface area (Å²) in [5.74, 6) is -1.39. The van der Waals surface area contributed by atoms with Crippen LogP contribution in [0.25, 0.3) is 10.2 Å². The van der Waals surface area contributed by atoms with Gasteiger partial charge in [-0.15, -0.1) is 11.3 Å². The van der Waals surface area contributed by atoms with E-state index in [4.69, 9.17) is 0 Å². The molecule has 1 aliphatic carbocycles. The number of hydrogen-bond acceptors (Lipinski definition) is 6. The Morgan fingerprint density at radius 1 is 1.09 bits per heavy atom. The first-order chi connectivity index (χ1) is 16.3. The Hall–Kier alpha value is -3.30. The van der Waals surface area contributed by atoms with Gasteiger partial charge in [-0.3, -0.25) is 14.4 Å². The van der Waals surface area contributed by atoms with Crippen LogP contribution in [0.2, 0.25) is 0 Å². The van der Waals surface area contributed by atoms with Gasteiger partial charge >= 0.3 is 5.97 Å². The molecule has 3 aromatic rings. The number of likely N-dealkylation sites (N-methyl/N-ethyl adjacent to an activating group) is 1. The SMILES string of the molecule is CN(C)CCNC(=O)c1ccc2nc(CNC(=O)C3(CC(=O)O)Cc4ccccc4C3)sc2c1. The molecule has 0 bridgehead atoms. The number of hydrogen-bond donors (Lipinski definition) is 3. The van der Waals surface area contributed by atoms with Gasteiger partial charge in [0.25, 0.3) is 5.91 Å². The van der Waals surface area contributed by atoms with Crippen LogP contribution < -0.4 is 10.6 Å². The van der Waals surface area contributed by atoms with Crippen molar-refractivity contribution in [3.05, 3.63) is 64.2 Å². The van der Waals surface area contributed by atoms with Crippen LogP contribution >= 0.6 is 11.3 Å². The molecule has 0 unspecified atom stereocenters. The van der Waals surface area contributed by atoms with Gasteiger partial charge in [-0.1, -0.05) is 24.3 Å². The molecule has 0 saturated carbocycles. The fourth-order valence-corrected chi connectivity index (χ4v) is 5.32. The monoisotopic (exact) mass is 480 g/mol. The van der Waals surface area contributed by atoms with E-state index < -0.39 is 11.4 Å². The molecule has 3 N–H and O–H groups in total. The highest BCUT2D eigenvalue weighted by atomic mass is 32.1. The van der Waals surface area contributed by atoms with Crippen LogP contribution in [0, 0.1) is 5.41 Å². The first-order valence-corrected chi connectivity index (χ1v) is 12.0. The molecule has 0 saturated heterocycles. The molecule has 2 amide bonds. The largest absolute Gasteiger partial charge is 0.481 e. The molecule has 8 nitrogen and oxygen atoms in total. The van der Waals surface area contributed by atoms with Gasteiger partial charge in [0.1, 0.15) is 5.01 Å². The van der Waals surface area contributed by atoms with Crippen LogP contribution in [0.5, 0.6) is 0 Å². The second-order valence-corrected chi connectivity index (χ2v) is 10.1. The molecule has 4 rings (SSSR count). The van der Waals surface area contributed by atoms with Crippen LogP contribution in [-0.2, 0) is 29.0 Å². The van der Waals surface area contributed by atoms with E-state index >= 15 is 0 Å². The number of nitrogens with one attached hydrogen (secondary N) is 2. The van der Waals surface area contributed by atoms with E-state index in [1.165, 1.54) is 11.3 Å². The molecule has 1 aromatic heterocycles.